The number of nitrogens with zero attached hydrogens (tertiary/aromatic N) is 1. The topological polar surface area (TPSA) is 111 Å². The molecular weight excluding hydrogens is 272 g/mol. The van der Waals surface area contributed by atoms with E-state index >= 15 is 0 Å². The molecule has 1 aliphatic rings. The number of sulfonamides is 1. The number of hydrogen-bond acceptors (Lipinski definition) is 4. The van der Waals surface area contributed by atoms with Gasteiger partial charge in [-0.2, -0.15) is 4.31 Å². The summed E-state index contributed by atoms with van der Waals surface area (Å²) in [5, 5.41) is 17.9. The van der Waals surface area contributed by atoms with Crippen LogP contribution in [-0.4, -0.2) is 53.6 Å². The Labute approximate surface area is 110 Å². The third-order valence-corrected chi connectivity index (χ3v) is 5.47. The molecule has 0 radical (unpaired) electrons. The first-order chi connectivity index (χ1) is 8.78. The first-order valence-corrected chi connectivity index (χ1v) is 7.26. The molecule has 19 heavy (non-hydrogen) atoms. The van der Waals surface area contributed by atoms with Gasteiger partial charge in [0.2, 0.25) is 10.0 Å². The molecular formula is C11H16N2O5S. The molecule has 7 nitrogen and oxygen atoms in total. The lowest BCUT2D eigenvalue weighted by molar-refractivity contribution is 0.0690. The van der Waals surface area contributed by atoms with Crippen molar-refractivity contribution in [3.8, 4) is 0 Å². The van der Waals surface area contributed by atoms with Crippen LogP contribution in [0, 0.1) is 19.8 Å². The fourth-order valence-electron chi connectivity index (χ4n) is 2.30. The molecule has 0 aliphatic carbocycles. The zero-order valence-electron chi connectivity index (χ0n) is 10.7. The molecule has 2 heterocycles. The predicted octanol–water partition coefficient (Wildman–Crippen LogP) is -0.0575. The molecule has 2 rings (SSSR count). The summed E-state index contributed by atoms with van der Waals surface area (Å²) >= 11 is 0. The van der Waals surface area contributed by atoms with E-state index in [1.165, 1.54) is 18.2 Å². The second kappa shape index (κ2) is 4.62. The van der Waals surface area contributed by atoms with Crippen molar-refractivity contribution in [2.24, 2.45) is 5.92 Å². The molecule has 8 heteroatoms. The molecule has 0 amide bonds. The fraction of sp³-hybridized carbons (Fsp3) is 0.545. The Morgan fingerprint density at radius 1 is 1.42 bits per heavy atom. The van der Waals surface area contributed by atoms with Gasteiger partial charge in [0.15, 0.2) is 0 Å². The van der Waals surface area contributed by atoms with E-state index < -0.39 is 16.0 Å². The highest BCUT2D eigenvalue weighted by molar-refractivity contribution is 7.89. The number of carbonyl (C=O) groups is 1. The molecule has 0 bridgehead atoms. The van der Waals surface area contributed by atoms with Crippen molar-refractivity contribution >= 4 is 16.0 Å². The summed E-state index contributed by atoms with van der Waals surface area (Å²) in [6.45, 7) is 3.51. The van der Waals surface area contributed by atoms with Crippen molar-refractivity contribution in [2.45, 2.75) is 18.7 Å². The van der Waals surface area contributed by atoms with Crippen molar-refractivity contribution in [3.05, 3.63) is 17.0 Å². The molecule has 1 aliphatic heterocycles. The van der Waals surface area contributed by atoms with Crippen LogP contribution >= 0.6 is 0 Å². The summed E-state index contributed by atoms with van der Waals surface area (Å²) < 4.78 is 26.0. The van der Waals surface area contributed by atoms with Gasteiger partial charge in [0.1, 0.15) is 10.6 Å². The number of aliphatic hydroxyl groups excluding tert-OH is 1. The van der Waals surface area contributed by atoms with Crippen molar-refractivity contribution in [3.63, 3.8) is 0 Å². The van der Waals surface area contributed by atoms with E-state index in [0.29, 0.717) is 5.69 Å². The van der Waals surface area contributed by atoms with Gasteiger partial charge in [-0.05, 0) is 13.8 Å². The van der Waals surface area contributed by atoms with Crippen LogP contribution in [0.1, 0.15) is 21.7 Å². The number of aryl methyl sites for hydroxylation is 1. The summed E-state index contributed by atoms with van der Waals surface area (Å²) in [6.07, 6.45) is 0. The lowest BCUT2D eigenvalue weighted by Gasteiger charge is -2.37. The van der Waals surface area contributed by atoms with Gasteiger partial charge in [0.25, 0.3) is 0 Å². The average molecular weight is 288 g/mol. The Kier molecular flexibility index (Phi) is 3.41. The summed E-state index contributed by atoms with van der Waals surface area (Å²) in [4.78, 5) is 13.6. The number of hydrogen-bond donors (Lipinski definition) is 3. The number of H-pyrrole nitrogens is 1. The van der Waals surface area contributed by atoms with E-state index in [0.717, 1.165) is 0 Å². The molecule has 0 atom stereocenters. The minimum Gasteiger partial charge on any atom is -0.477 e. The van der Waals surface area contributed by atoms with E-state index in [-0.39, 0.29) is 41.8 Å². The second-order valence-corrected chi connectivity index (χ2v) is 6.63. The molecule has 0 aromatic carbocycles. The molecule has 0 spiro atoms. The number of rotatable bonds is 4. The monoisotopic (exact) mass is 288 g/mol. The Hall–Kier alpha value is -1.38. The van der Waals surface area contributed by atoms with Crippen molar-refractivity contribution in [2.75, 3.05) is 19.7 Å². The second-order valence-electron chi connectivity index (χ2n) is 4.75. The van der Waals surface area contributed by atoms with Crippen LogP contribution in [0.3, 0.4) is 0 Å². The number of aromatic nitrogens is 1. The smallest absolute Gasteiger partial charge is 0.352 e. The van der Waals surface area contributed by atoms with E-state index in [1.807, 2.05) is 0 Å². The molecule has 1 fully saturated rings. The quantitative estimate of drug-likeness (QED) is 0.719. The van der Waals surface area contributed by atoms with Crippen molar-refractivity contribution in [1.29, 1.82) is 0 Å². The first-order valence-electron chi connectivity index (χ1n) is 5.82. The van der Waals surface area contributed by atoms with Crippen molar-refractivity contribution < 1.29 is 23.4 Å². The maximum absolute atomic E-state index is 12.4. The lowest BCUT2D eigenvalue weighted by Crippen LogP contribution is -2.51. The Morgan fingerprint density at radius 3 is 2.42 bits per heavy atom. The maximum atomic E-state index is 12.4. The molecule has 1 aromatic rings. The molecule has 1 aromatic heterocycles. The lowest BCUT2D eigenvalue weighted by atomic mass is 10.1. The Balaban J connectivity index is 2.39. The van der Waals surface area contributed by atoms with E-state index in [2.05, 4.69) is 4.98 Å². The number of aliphatic hydroxyl groups is 1. The largest absolute Gasteiger partial charge is 0.477 e. The zero-order valence-corrected chi connectivity index (χ0v) is 11.5. The molecule has 3 N–H and O–H groups in total. The van der Waals surface area contributed by atoms with Gasteiger partial charge in [-0.25, -0.2) is 13.2 Å². The van der Waals surface area contributed by atoms with Crippen LogP contribution in [0.2, 0.25) is 0 Å². The minimum absolute atomic E-state index is 0.0290. The highest BCUT2D eigenvalue weighted by Gasteiger charge is 2.39. The van der Waals surface area contributed by atoms with Gasteiger partial charge in [0.05, 0.1) is 0 Å². The van der Waals surface area contributed by atoms with E-state index in [9.17, 15) is 13.2 Å². The SMILES string of the molecule is Cc1[nH]c(C(=O)O)c(C)c1S(=O)(=O)N1CC(CO)C1. The van der Waals surface area contributed by atoms with Crippen LogP contribution in [0.25, 0.3) is 0 Å². The third kappa shape index (κ3) is 2.15. The average Bonchev–Trinajstić information content (AvgIpc) is 2.52. The van der Waals surface area contributed by atoms with Gasteiger partial charge in [-0.1, -0.05) is 0 Å². The van der Waals surface area contributed by atoms with Gasteiger partial charge in [-0.3, -0.25) is 0 Å². The Morgan fingerprint density at radius 2 is 2.00 bits per heavy atom. The summed E-state index contributed by atoms with van der Waals surface area (Å²) in [7, 11) is -3.69. The zero-order chi connectivity index (χ0) is 14.4. The van der Waals surface area contributed by atoms with Crippen LogP contribution in [0.4, 0.5) is 0 Å². The Bertz CT molecular complexity index is 613. The molecule has 0 saturated carbocycles. The first kappa shape index (κ1) is 14.0. The van der Waals surface area contributed by atoms with E-state index in [1.54, 1.807) is 0 Å². The summed E-state index contributed by atoms with van der Waals surface area (Å²) in [5.74, 6) is -1.22. The maximum Gasteiger partial charge on any atom is 0.352 e. The van der Waals surface area contributed by atoms with Crippen molar-refractivity contribution in [1.82, 2.24) is 9.29 Å². The fourth-order valence-corrected chi connectivity index (χ4v) is 4.30. The number of carboxylic acid groups (broad SMARTS) is 1. The van der Waals surface area contributed by atoms with Gasteiger partial charge < -0.3 is 15.2 Å². The third-order valence-electron chi connectivity index (χ3n) is 3.36. The molecule has 106 valence electrons. The van der Waals surface area contributed by atoms with Gasteiger partial charge in [-0.15, -0.1) is 0 Å². The highest BCUT2D eigenvalue weighted by Crippen LogP contribution is 2.30. The van der Waals surface area contributed by atoms with Gasteiger partial charge >= 0.3 is 5.97 Å². The number of aromatic carboxylic acids is 1. The standard InChI is InChI=1S/C11H16N2O5S/c1-6-9(11(15)16)12-7(2)10(6)19(17,18)13-3-8(4-13)5-14/h8,12,14H,3-5H2,1-2H3,(H,15,16). The number of carboxylic acids is 1. The minimum atomic E-state index is -3.69. The predicted molar refractivity (Wildman–Crippen MR) is 66.6 cm³/mol. The normalized spacial score (nSPS) is 17.4. The summed E-state index contributed by atoms with van der Waals surface area (Å²) in [5.41, 5.74) is 0.440. The van der Waals surface area contributed by atoms with Crippen LogP contribution in [0.15, 0.2) is 4.90 Å². The molecule has 0 unspecified atom stereocenters. The van der Waals surface area contributed by atoms with Crippen LogP contribution < -0.4 is 0 Å². The number of aromatic amines is 1. The van der Waals surface area contributed by atoms with Crippen LogP contribution in [-0.2, 0) is 10.0 Å². The highest BCUT2D eigenvalue weighted by atomic mass is 32.2. The number of nitrogens with one attached hydrogen (secondary N) is 1. The molecule has 1 saturated heterocycles. The van der Waals surface area contributed by atoms with Crippen LogP contribution in [0.5, 0.6) is 0 Å². The van der Waals surface area contributed by atoms with Gasteiger partial charge in [0, 0.05) is 36.9 Å². The van der Waals surface area contributed by atoms with E-state index in [4.69, 9.17) is 10.2 Å². The summed E-state index contributed by atoms with van der Waals surface area (Å²) in [6, 6.07) is 0.